The van der Waals surface area contributed by atoms with Crippen LogP contribution < -0.4 is 5.32 Å². The van der Waals surface area contributed by atoms with Gasteiger partial charge in [-0.1, -0.05) is 29.8 Å². The molecule has 0 radical (unpaired) electrons. The molecule has 1 aromatic carbocycles. The first-order valence-electron chi connectivity index (χ1n) is 7.83. The summed E-state index contributed by atoms with van der Waals surface area (Å²) in [5.74, 6) is 0. The van der Waals surface area contributed by atoms with Crippen LogP contribution in [0, 0.1) is 0 Å². The predicted molar refractivity (Wildman–Crippen MR) is 86.5 cm³/mol. The first-order chi connectivity index (χ1) is 10.4. The topological polar surface area (TPSA) is 29.9 Å². The zero-order valence-corrected chi connectivity index (χ0v) is 12.6. The van der Waals surface area contributed by atoms with E-state index in [1.807, 2.05) is 24.0 Å². The van der Waals surface area contributed by atoms with Crippen molar-refractivity contribution in [1.82, 2.24) is 15.1 Å². The van der Waals surface area contributed by atoms with E-state index in [4.69, 9.17) is 0 Å². The van der Waals surface area contributed by atoms with Crippen molar-refractivity contribution in [3.8, 4) is 5.69 Å². The number of rotatable bonds is 5. The Labute approximate surface area is 126 Å². The Kier molecular flexibility index (Phi) is 4.51. The van der Waals surface area contributed by atoms with E-state index < -0.39 is 0 Å². The first kappa shape index (κ1) is 14.1. The number of aromatic nitrogens is 2. The quantitative estimate of drug-likeness (QED) is 0.839. The van der Waals surface area contributed by atoms with Crippen LogP contribution in [0.25, 0.3) is 5.69 Å². The Morgan fingerprint density at radius 3 is 2.76 bits per heavy atom. The highest BCUT2D eigenvalue weighted by Gasteiger charge is 2.17. The molecule has 0 spiro atoms. The summed E-state index contributed by atoms with van der Waals surface area (Å²) in [7, 11) is 2.04. The second kappa shape index (κ2) is 6.72. The number of hydrogen-bond acceptors (Lipinski definition) is 2. The lowest BCUT2D eigenvalue weighted by Crippen LogP contribution is -2.21. The Hall–Kier alpha value is -1.87. The van der Waals surface area contributed by atoms with E-state index in [2.05, 4.69) is 46.8 Å². The van der Waals surface area contributed by atoms with E-state index in [-0.39, 0.29) is 0 Å². The van der Waals surface area contributed by atoms with Crippen molar-refractivity contribution >= 4 is 0 Å². The smallest absolute Gasteiger partial charge is 0.0649 e. The van der Waals surface area contributed by atoms with Crippen molar-refractivity contribution in [2.75, 3.05) is 7.05 Å². The molecule has 3 heteroatoms. The van der Waals surface area contributed by atoms with Gasteiger partial charge in [-0.15, -0.1) is 0 Å². The Balaban J connectivity index is 1.85. The fourth-order valence-corrected chi connectivity index (χ4v) is 3.07. The fourth-order valence-electron chi connectivity index (χ4n) is 3.07. The maximum absolute atomic E-state index is 4.51. The van der Waals surface area contributed by atoms with Gasteiger partial charge in [0.1, 0.15) is 0 Å². The highest BCUT2D eigenvalue weighted by molar-refractivity contribution is 5.33. The molecule has 21 heavy (non-hydrogen) atoms. The van der Waals surface area contributed by atoms with Gasteiger partial charge in [-0.05, 0) is 57.4 Å². The maximum Gasteiger partial charge on any atom is 0.0649 e. The van der Waals surface area contributed by atoms with Gasteiger partial charge in [-0.25, -0.2) is 4.68 Å². The van der Waals surface area contributed by atoms with Gasteiger partial charge in [0.25, 0.3) is 0 Å². The normalized spacial score (nSPS) is 16.5. The third-order valence-corrected chi connectivity index (χ3v) is 4.23. The van der Waals surface area contributed by atoms with E-state index in [1.165, 1.54) is 31.4 Å². The van der Waals surface area contributed by atoms with E-state index in [1.54, 1.807) is 5.57 Å². The Morgan fingerprint density at radius 2 is 2.05 bits per heavy atom. The largest absolute Gasteiger partial charge is 0.311 e. The van der Waals surface area contributed by atoms with Gasteiger partial charge in [0.15, 0.2) is 0 Å². The Morgan fingerprint density at radius 1 is 1.19 bits per heavy atom. The monoisotopic (exact) mass is 281 g/mol. The molecule has 3 nitrogen and oxygen atoms in total. The molecule has 1 aromatic heterocycles. The van der Waals surface area contributed by atoms with Crippen molar-refractivity contribution in [2.45, 2.75) is 38.1 Å². The Bertz CT molecular complexity index is 598. The van der Waals surface area contributed by atoms with Gasteiger partial charge in [0.2, 0.25) is 0 Å². The maximum atomic E-state index is 4.51. The van der Waals surface area contributed by atoms with Crippen LogP contribution in [-0.4, -0.2) is 16.8 Å². The third-order valence-electron chi connectivity index (χ3n) is 4.23. The van der Waals surface area contributed by atoms with Crippen LogP contribution in [-0.2, 0) is 0 Å². The number of nitrogens with zero attached hydrogens (tertiary/aromatic N) is 2. The summed E-state index contributed by atoms with van der Waals surface area (Å²) in [6, 6.07) is 12.8. The summed E-state index contributed by atoms with van der Waals surface area (Å²) < 4.78 is 2.05. The van der Waals surface area contributed by atoms with Gasteiger partial charge in [0, 0.05) is 6.20 Å². The second-order valence-electron chi connectivity index (χ2n) is 5.66. The molecule has 1 aliphatic rings. The molecule has 0 saturated heterocycles. The molecule has 1 heterocycles. The number of para-hydroxylation sites is 1. The van der Waals surface area contributed by atoms with Gasteiger partial charge < -0.3 is 5.32 Å². The SMILES string of the molecule is CNC(CC1=CCCCC1)c1ccnn1-c1ccccc1. The summed E-state index contributed by atoms with van der Waals surface area (Å²) in [6.07, 6.45) is 10.6. The summed E-state index contributed by atoms with van der Waals surface area (Å²) in [4.78, 5) is 0. The number of allylic oxidation sites excluding steroid dienone is 1. The molecule has 0 fully saturated rings. The van der Waals surface area contributed by atoms with Crippen molar-refractivity contribution < 1.29 is 0 Å². The third kappa shape index (κ3) is 3.24. The standard InChI is InChI=1S/C18H23N3/c1-19-17(14-15-8-4-2-5-9-15)18-12-13-20-21(18)16-10-6-3-7-11-16/h3,6-8,10-13,17,19H,2,4-5,9,14H2,1H3. The molecule has 0 bridgehead atoms. The lowest BCUT2D eigenvalue weighted by atomic mass is 9.93. The molecule has 0 aliphatic heterocycles. The molecule has 1 aliphatic carbocycles. The highest BCUT2D eigenvalue weighted by Crippen LogP contribution is 2.28. The minimum Gasteiger partial charge on any atom is -0.311 e. The minimum absolute atomic E-state index is 0.317. The molecule has 110 valence electrons. The summed E-state index contributed by atoms with van der Waals surface area (Å²) >= 11 is 0. The number of nitrogens with one attached hydrogen (secondary N) is 1. The van der Waals surface area contributed by atoms with Crippen LogP contribution in [0.15, 0.2) is 54.2 Å². The number of hydrogen-bond donors (Lipinski definition) is 1. The lowest BCUT2D eigenvalue weighted by molar-refractivity contribution is 0.532. The fraction of sp³-hybridized carbons (Fsp3) is 0.389. The lowest BCUT2D eigenvalue weighted by Gasteiger charge is -2.21. The first-order valence-corrected chi connectivity index (χ1v) is 7.83. The van der Waals surface area contributed by atoms with Crippen molar-refractivity contribution in [2.24, 2.45) is 0 Å². The summed E-state index contributed by atoms with van der Waals surface area (Å²) in [5.41, 5.74) is 3.94. The molecular formula is C18H23N3. The number of benzene rings is 1. The zero-order valence-electron chi connectivity index (χ0n) is 12.6. The molecule has 1 unspecified atom stereocenters. The van der Waals surface area contributed by atoms with Gasteiger partial charge in [-0.2, -0.15) is 5.10 Å². The van der Waals surface area contributed by atoms with Gasteiger partial charge >= 0.3 is 0 Å². The van der Waals surface area contributed by atoms with E-state index in [9.17, 15) is 0 Å². The molecular weight excluding hydrogens is 258 g/mol. The van der Waals surface area contributed by atoms with Crippen LogP contribution in [0.3, 0.4) is 0 Å². The second-order valence-corrected chi connectivity index (χ2v) is 5.66. The average molecular weight is 281 g/mol. The molecule has 0 saturated carbocycles. The highest BCUT2D eigenvalue weighted by atomic mass is 15.3. The van der Waals surface area contributed by atoms with Gasteiger partial charge in [0.05, 0.1) is 17.4 Å². The van der Waals surface area contributed by atoms with Crippen LogP contribution in [0.4, 0.5) is 0 Å². The van der Waals surface area contributed by atoms with Gasteiger partial charge in [-0.3, -0.25) is 0 Å². The summed E-state index contributed by atoms with van der Waals surface area (Å²) in [5, 5.41) is 7.97. The van der Waals surface area contributed by atoms with E-state index >= 15 is 0 Å². The molecule has 2 aromatic rings. The zero-order chi connectivity index (χ0) is 14.5. The van der Waals surface area contributed by atoms with Crippen molar-refractivity contribution in [1.29, 1.82) is 0 Å². The van der Waals surface area contributed by atoms with Crippen LogP contribution in [0.2, 0.25) is 0 Å². The molecule has 3 rings (SSSR count). The molecule has 1 atom stereocenters. The summed E-state index contributed by atoms with van der Waals surface area (Å²) in [6.45, 7) is 0. The van der Waals surface area contributed by atoms with Crippen LogP contribution in [0.1, 0.15) is 43.8 Å². The van der Waals surface area contributed by atoms with E-state index in [0.29, 0.717) is 6.04 Å². The van der Waals surface area contributed by atoms with Crippen LogP contribution in [0.5, 0.6) is 0 Å². The average Bonchev–Trinajstić information content (AvgIpc) is 3.04. The van der Waals surface area contributed by atoms with Crippen molar-refractivity contribution in [3.63, 3.8) is 0 Å². The predicted octanol–water partition coefficient (Wildman–Crippen LogP) is 4.02. The minimum atomic E-state index is 0.317. The molecule has 0 amide bonds. The molecule has 1 N–H and O–H groups in total. The van der Waals surface area contributed by atoms with E-state index in [0.717, 1.165) is 12.1 Å². The van der Waals surface area contributed by atoms with Crippen LogP contribution >= 0.6 is 0 Å². The van der Waals surface area contributed by atoms with Crippen molar-refractivity contribution in [3.05, 3.63) is 59.9 Å².